The summed E-state index contributed by atoms with van der Waals surface area (Å²) in [6.45, 7) is 4.43. The first-order valence-corrected chi connectivity index (χ1v) is 8.37. The summed E-state index contributed by atoms with van der Waals surface area (Å²) in [6.07, 6.45) is 2.62. The molecule has 0 bridgehead atoms. The van der Waals surface area contributed by atoms with Crippen molar-refractivity contribution in [3.8, 4) is 5.69 Å². The van der Waals surface area contributed by atoms with E-state index in [0.29, 0.717) is 12.2 Å². The molecule has 0 unspecified atom stereocenters. The molecule has 3 N–H and O–H groups in total. The van der Waals surface area contributed by atoms with Gasteiger partial charge in [-0.15, -0.1) is 5.10 Å². The van der Waals surface area contributed by atoms with Gasteiger partial charge >= 0.3 is 6.03 Å². The lowest BCUT2D eigenvalue weighted by Crippen LogP contribution is -2.56. The van der Waals surface area contributed by atoms with Crippen LogP contribution < -0.4 is 16.0 Å². The van der Waals surface area contributed by atoms with Gasteiger partial charge in [0.25, 0.3) is 0 Å². The summed E-state index contributed by atoms with van der Waals surface area (Å²) in [5.41, 5.74) is 1.53. The molecule has 8 nitrogen and oxygen atoms in total. The molecule has 25 heavy (non-hydrogen) atoms. The van der Waals surface area contributed by atoms with Crippen molar-refractivity contribution < 1.29 is 9.59 Å². The smallest absolute Gasteiger partial charge is 0.315 e. The monoisotopic (exact) mass is 342 g/mol. The molecule has 2 heterocycles. The molecule has 0 saturated carbocycles. The molecule has 0 radical (unpaired) electrons. The number of rotatable bonds is 4. The highest BCUT2D eigenvalue weighted by atomic mass is 16.2. The fraction of sp³-hybridized carbons (Fsp3) is 0.412. The summed E-state index contributed by atoms with van der Waals surface area (Å²) in [5.74, 6) is -0.0367. The van der Waals surface area contributed by atoms with Crippen molar-refractivity contribution in [2.24, 2.45) is 5.92 Å². The topological polar surface area (TPSA) is 101 Å². The Kier molecular flexibility index (Phi) is 4.97. The number of nitrogens with zero attached hydrogens (tertiary/aromatic N) is 3. The summed E-state index contributed by atoms with van der Waals surface area (Å²) in [4.78, 5) is 24.1. The number of benzene rings is 1. The molecule has 1 fully saturated rings. The molecule has 3 amide bonds. The first-order chi connectivity index (χ1) is 12.0. The Bertz CT molecular complexity index is 745. The minimum absolute atomic E-state index is 0.105. The van der Waals surface area contributed by atoms with Crippen molar-refractivity contribution in [1.82, 2.24) is 30.9 Å². The lowest BCUT2D eigenvalue weighted by atomic mass is 9.94. The van der Waals surface area contributed by atoms with Gasteiger partial charge in [0.2, 0.25) is 5.91 Å². The summed E-state index contributed by atoms with van der Waals surface area (Å²) >= 11 is 0. The molecule has 3 rings (SSSR count). The second-order valence-corrected chi connectivity index (χ2v) is 6.30. The van der Waals surface area contributed by atoms with Gasteiger partial charge in [-0.1, -0.05) is 30.3 Å². The van der Waals surface area contributed by atoms with Crippen LogP contribution in [0.4, 0.5) is 4.79 Å². The summed E-state index contributed by atoms with van der Waals surface area (Å²) < 4.78 is 1.65. The maximum absolute atomic E-state index is 12.2. The van der Waals surface area contributed by atoms with Crippen LogP contribution in [-0.2, 0) is 4.79 Å². The molecule has 1 aliphatic heterocycles. The number of hydrogen-bond donors (Lipinski definition) is 3. The Balaban J connectivity index is 1.60. The first-order valence-electron chi connectivity index (χ1n) is 8.37. The van der Waals surface area contributed by atoms with Gasteiger partial charge in [0.1, 0.15) is 11.7 Å². The quantitative estimate of drug-likeness (QED) is 0.776. The fourth-order valence-corrected chi connectivity index (χ4v) is 2.80. The van der Waals surface area contributed by atoms with Gasteiger partial charge in [-0.3, -0.25) is 4.79 Å². The average Bonchev–Trinajstić information content (AvgIpc) is 3.09. The van der Waals surface area contributed by atoms with E-state index in [1.165, 1.54) is 0 Å². The largest absolute Gasteiger partial charge is 0.354 e. The predicted octanol–water partition coefficient (Wildman–Crippen LogP) is 1.15. The van der Waals surface area contributed by atoms with Crippen molar-refractivity contribution >= 4 is 11.9 Å². The number of carbonyl (C=O) groups is 2. The van der Waals surface area contributed by atoms with Crippen molar-refractivity contribution in [1.29, 1.82) is 0 Å². The molecule has 1 saturated heterocycles. The van der Waals surface area contributed by atoms with Crippen molar-refractivity contribution in [3.05, 3.63) is 42.2 Å². The van der Waals surface area contributed by atoms with E-state index in [0.717, 1.165) is 12.1 Å². The van der Waals surface area contributed by atoms with Gasteiger partial charge in [0.15, 0.2) is 0 Å². The molecule has 1 aliphatic rings. The molecule has 2 aromatic rings. The third-order valence-electron chi connectivity index (χ3n) is 4.36. The molecule has 3 atom stereocenters. The van der Waals surface area contributed by atoms with Crippen LogP contribution in [0, 0.1) is 5.92 Å². The number of aromatic nitrogens is 3. The third-order valence-corrected chi connectivity index (χ3v) is 4.36. The lowest BCUT2D eigenvalue weighted by molar-refractivity contribution is -0.125. The van der Waals surface area contributed by atoms with E-state index < -0.39 is 12.1 Å². The van der Waals surface area contributed by atoms with Crippen molar-refractivity contribution in [2.75, 3.05) is 6.54 Å². The third kappa shape index (κ3) is 3.96. The molecule has 132 valence electrons. The van der Waals surface area contributed by atoms with E-state index in [4.69, 9.17) is 0 Å². The van der Waals surface area contributed by atoms with E-state index in [1.807, 2.05) is 44.2 Å². The van der Waals surface area contributed by atoms with Gasteiger partial charge in [-0.2, -0.15) is 0 Å². The summed E-state index contributed by atoms with van der Waals surface area (Å²) in [6, 6.07) is 8.37. The molecule has 1 aromatic carbocycles. The second-order valence-electron chi connectivity index (χ2n) is 6.30. The highest BCUT2D eigenvalue weighted by Crippen LogP contribution is 2.14. The van der Waals surface area contributed by atoms with Gasteiger partial charge in [-0.25, -0.2) is 9.48 Å². The van der Waals surface area contributed by atoms with Crippen LogP contribution in [0.15, 0.2) is 36.5 Å². The number of hydrogen-bond acceptors (Lipinski definition) is 4. The maximum atomic E-state index is 12.2. The van der Waals surface area contributed by atoms with E-state index in [9.17, 15) is 9.59 Å². The predicted molar refractivity (Wildman–Crippen MR) is 92.0 cm³/mol. The van der Waals surface area contributed by atoms with Crippen LogP contribution in [0.3, 0.4) is 0 Å². The average molecular weight is 342 g/mol. The summed E-state index contributed by atoms with van der Waals surface area (Å²) in [7, 11) is 0. The molecule has 1 aromatic heterocycles. The SMILES string of the molecule is C[C@H](NC(=O)N[C@H]1C(=O)NCC[C@@H]1C)c1cn(-c2ccccc2)nn1. The second kappa shape index (κ2) is 7.33. The van der Waals surface area contributed by atoms with E-state index >= 15 is 0 Å². The number of para-hydroxylation sites is 1. The Labute approximate surface area is 146 Å². The number of urea groups is 1. The standard InChI is InChI=1S/C17H22N6O2/c1-11-8-9-18-16(24)15(11)20-17(25)19-12(2)14-10-23(22-21-14)13-6-4-3-5-7-13/h3-7,10-12,15H,8-9H2,1-2H3,(H,18,24)(H2,19,20,25)/t11-,12-,15+/m0/s1. The fourth-order valence-electron chi connectivity index (χ4n) is 2.80. The van der Waals surface area contributed by atoms with Gasteiger partial charge < -0.3 is 16.0 Å². The minimum Gasteiger partial charge on any atom is -0.354 e. The van der Waals surface area contributed by atoms with Crippen LogP contribution in [-0.4, -0.2) is 39.5 Å². The van der Waals surface area contributed by atoms with E-state index in [2.05, 4.69) is 26.3 Å². The van der Waals surface area contributed by atoms with E-state index in [-0.39, 0.29) is 17.9 Å². The molecule has 0 spiro atoms. The van der Waals surface area contributed by atoms with E-state index in [1.54, 1.807) is 10.9 Å². The van der Waals surface area contributed by atoms with Crippen LogP contribution >= 0.6 is 0 Å². The van der Waals surface area contributed by atoms with Gasteiger partial charge in [0.05, 0.1) is 17.9 Å². The first kappa shape index (κ1) is 16.9. The van der Waals surface area contributed by atoms with Crippen LogP contribution in [0.25, 0.3) is 5.69 Å². The van der Waals surface area contributed by atoms with Crippen molar-refractivity contribution in [3.63, 3.8) is 0 Å². The Morgan fingerprint density at radius 1 is 1.36 bits per heavy atom. The zero-order valence-electron chi connectivity index (χ0n) is 14.3. The number of nitrogens with one attached hydrogen (secondary N) is 3. The Morgan fingerprint density at radius 3 is 2.84 bits per heavy atom. The summed E-state index contributed by atoms with van der Waals surface area (Å²) in [5, 5.41) is 16.5. The zero-order chi connectivity index (χ0) is 17.8. The Morgan fingerprint density at radius 2 is 2.12 bits per heavy atom. The lowest BCUT2D eigenvalue weighted by Gasteiger charge is -2.29. The van der Waals surface area contributed by atoms with Crippen molar-refractivity contribution in [2.45, 2.75) is 32.4 Å². The van der Waals surface area contributed by atoms with Gasteiger partial charge in [-0.05, 0) is 31.4 Å². The molecule has 0 aliphatic carbocycles. The number of amides is 3. The minimum atomic E-state index is -0.513. The zero-order valence-corrected chi connectivity index (χ0v) is 14.3. The Hall–Kier alpha value is -2.90. The maximum Gasteiger partial charge on any atom is 0.315 e. The van der Waals surface area contributed by atoms with Crippen LogP contribution in [0.5, 0.6) is 0 Å². The van der Waals surface area contributed by atoms with Crippen LogP contribution in [0.1, 0.15) is 32.0 Å². The van der Waals surface area contributed by atoms with Gasteiger partial charge in [0, 0.05) is 6.54 Å². The number of piperidine rings is 1. The normalized spacial score (nSPS) is 21.3. The highest BCUT2D eigenvalue weighted by Gasteiger charge is 2.30. The van der Waals surface area contributed by atoms with Crippen LogP contribution in [0.2, 0.25) is 0 Å². The number of carbonyl (C=O) groups excluding carboxylic acids is 2. The molecule has 8 heteroatoms. The molecular formula is C17H22N6O2. The highest BCUT2D eigenvalue weighted by molar-refractivity contribution is 5.87. The molecular weight excluding hydrogens is 320 g/mol.